The van der Waals surface area contributed by atoms with Crippen molar-refractivity contribution in [3.63, 3.8) is 0 Å². The highest BCUT2D eigenvalue weighted by atomic mass is 19.1. The fourth-order valence-corrected chi connectivity index (χ4v) is 1.68. The van der Waals surface area contributed by atoms with E-state index in [0.29, 0.717) is 13.0 Å². The summed E-state index contributed by atoms with van der Waals surface area (Å²) in [6.45, 7) is 0.479. The summed E-state index contributed by atoms with van der Waals surface area (Å²) in [6, 6.07) is 3.38. The summed E-state index contributed by atoms with van der Waals surface area (Å²) in [4.78, 5) is 11.7. The molecule has 0 saturated carbocycles. The second-order valence-corrected chi connectivity index (χ2v) is 3.46. The Hall–Kier alpha value is -1.29. The summed E-state index contributed by atoms with van der Waals surface area (Å²) in [5.74, 6) is -2.24. The first kappa shape index (κ1) is 10.2. The van der Waals surface area contributed by atoms with Crippen LogP contribution >= 0.6 is 0 Å². The second kappa shape index (κ2) is 4.06. The lowest BCUT2D eigenvalue weighted by molar-refractivity contribution is 0.0634. The summed E-state index contributed by atoms with van der Waals surface area (Å²) in [6.07, 6.45) is 0.607. The summed E-state index contributed by atoms with van der Waals surface area (Å²) in [5, 5.41) is 0. The van der Waals surface area contributed by atoms with Crippen LogP contribution in [0.1, 0.15) is 23.2 Å². The molecule has 1 fully saturated rings. The van der Waals surface area contributed by atoms with Crippen LogP contribution in [-0.4, -0.2) is 18.5 Å². The number of ketones is 1. The van der Waals surface area contributed by atoms with Crippen molar-refractivity contribution in [2.75, 3.05) is 6.61 Å². The van der Waals surface area contributed by atoms with Gasteiger partial charge in [-0.3, -0.25) is 4.79 Å². The molecule has 0 spiro atoms. The molecule has 2 rings (SSSR count). The minimum atomic E-state index is -0.824. The molecular formula is C11H10F2O2. The van der Waals surface area contributed by atoms with Gasteiger partial charge < -0.3 is 4.74 Å². The summed E-state index contributed by atoms with van der Waals surface area (Å²) < 4.78 is 31.6. The Balaban J connectivity index is 2.32. The molecule has 2 nitrogen and oxygen atoms in total. The topological polar surface area (TPSA) is 26.3 Å². The minimum Gasteiger partial charge on any atom is -0.370 e. The first-order valence-corrected chi connectivity index (χ1v) is 4.80. The van der Waals surface area contributed by atoms with Gasteiger partial charge in [0.05, 0.1) is 5.56 Å². The molecule has 15 heavy (non-hydrogen) atoms. The molecule has 0 N–H and O–H groups in total. The van der Waals surface area contributed by atoms with E-state index >= 15 is 0 Å². The Morgan fingerprint density at radius 3 is 2.53 bits per heavy atom. The van der Waals surface area contributed by atoms with Gasteiger partial charge in [-0.1, -0.05) is 6.07 Å². The fourth-order valence-electron chi connectivity index (χ4n) is 1.68. The molecule has 1 unspecified atom stereocenters. The zero-order valence-corrected chi connectivity index (χ0v) is 8.00. The molecular weight excluding hydrogens is 202 g/mol. The average Bonchev–Trinajstić information content (AvgIpc) is 2.69. The predicted octanol–water partition coefficient (Wildman–Crippen LogP) is 2.33. The highest BCUT2D eigenvalue weighted by Gasteiger charge is 2.28. The molecule has 0 aromatic heterocycles. The van der Waals surface area contributed by atoms with Gasteiger partial charge in [-0.25, -0.2) is 8.78 Å². The van der Waals surface area contributed by atoms with E-state index in [1.807, 2.05) is 0 Å². The maximum atomic E-state index is 13.2. The van der Waals surface area contributed by atoms with Crippen LogP contribution in [0.4, 0.5) is 8.78 Å². The van der Waals surface area contributed by atoms with Crippen molar-refractivity contribution >= 4 is 5.78 Å². The second-order valence-electron chi connectivity index (χ2n) is 3.46. The van der Waals surface area contributed by atoms with Gasteiger partial charge in [0.2, 0.25) is 0 Å². The number of hydrogen-bond acceptors (Lipinski definition) is 2. The zero-order chi connectivity index (χ0) is 10.8. The van der Waals surface area contributed by atoms with Crippen LogP contribution in [0.5, 0.6) is 0 Å². The number of halogens is 2. The summed E-state index contributed by atoms with van der Waals surface area (Å²) in [7, 11) is 0. The third-order valence-corrected chi connectivity index (χ3v) is 2.43. The van der Waals surface area contributed by atoms with E-state index < -0.39 is 29.1 Å². The molecule has 80 valence electrons. The molecule has 0 amide bonds. The van der Waals surface area contributed by atoms with Gasteiger partial charge in [0.1, 0.15) is 17.7 Å². The van der Waals surface area contributed by atoms with Crippen molar-refractivity contribution in [3.8, 4) is 0 Å². The van der Waals surface area contributed by atoms with E-state index in [1.165, 1.54) is 6.07 Å². The van der Waals surface area contributed by atoms with Crippen molar-refractivity contribution in [2.24, 2.45) is 0 Å². The van der Waals surface area contributed by atoms with Gasteiger partial charge in [0.25, 0.3) is 0 Å². The molecule has 1 heterocycles. The number of ether oxygens (including phenoxy) is 1. The Morgan fingerprint density at radius 1 is 1.33 bits per heavy atom. The Kier molecular flexibility index (Phi) is 2.77. The molecule has 1 aliphatic heterocycles. The number of rotatable bonds is 2. The number of carbonyl (C=O) groups is 1. The van der Waals surface area contributed by atoms with E-state index in [1.54, 1.807) is 0 Å². The number of hydrogen-bond donors (Lipinski definition) is 0. The van der Waals surface area contributed by atoms with Crippen LogP contribution in [0.3, 0.4) is 0 Å². The van der Waals surface area contributed by atoms with Crippen molar-refractivity contribution in [3.05, 3.63) is 35.4 Å². The summed E-state index contributed by atoms with van der Waals surface area (Å²) >= 11 is 0. The van der Waals surface area contributed by atoms with Crippen molar-refractivity contribution in [2.45, 2.75) is 18.9 Å². The fraction of sp³-hybridized carbons (Fsp3) is 0.364. The monoisotopic (exact) mass is 212 g/mol. The first-order chi connectivity index (χ1) is 7.20. The van der Waals surface area contributed by atoms with Crippen LogP contribution in [-0.2, 0) is 4.74 Å². The number of carbonyl (C=O) groups excluding carboxylic acids is 1. The van der Waals surface area contributed by atoms with Crippen LogP contribution < -0.4 is 0 Å². The van der Waals surface area contributed by atoms with Gasteiger partial charge >= 0.3 is 0 Å². The SMILES string of the molecule is O=C(c1c(F)cccc1F)C1CCCO1. The van der Waals surface area contributed by atoms with Crippen LogP contribution in [0.15, 0.2) is 18.2 Å². The van der Waals surface area contributed by atoms with Gasteiger partial charge in [0.15, 0.2) is 5.78 Å². The maximum absolute atomic E-state index is 13.2. The van der Waals surface area contributed by atoms with Crippen LogP contribution in [0, 0.1) is 11.6 Å². The highest BCUT2D eigenvalue weighted by Crippen LogP contribution is 2.21. The maximum Gasteiger partial charge on any atom is 0.197 e. The highest BCUT2D eigenvalue weighted by molar-refractivity contribution is 6.00. The lowest BCUT2D eigenvalue weighted by Gasteiger charge is -2.09. The molecule has 0 radical (unpaired) electrons. The third-order valence-electron chi connectivity index (χ3n) is 2.43. The smallest absolute Gasteiger partial charge is 0.197 e. The molecule has 1 atom stereocenters. The van der Waals surface area contributed by atoms with Crippen LogP contribution in [0.2, 0.25) is 0 Å². The Morgan fingerprint density at radius 2 is 2.00 bits per heavy atom. The average molecular weight is 212 g/mol. The van der Waals surface area contributed by atoms with E-state index in [0.717, 1.165) is 18.6 Å². The third kappa shape index (κ3) is 1.90. The van der Waals surface area contributed by atoms with Crippen LogP contribution in [0.25, 0.3) is 0 Å². The standard InChI is InChI=1S/C11H10F2O2/c12-7-3-1-4-8(13)10(7)11(14)9-5-2-6-15-9/h1,3-4,9H,2,5-6H2. The molecule has 1 aromatic rings. The number of Topliss-reactive ketones (excluding diaryl/α,β-unsaturated/α-hetero) is 1. The Labute approximate surface area is 85.9 Å². The van der Waals surface area contributed by atoms with Crippen molar-refractivity contribution < 1.29 is 18.3 Å². The normalized spacial score (nSPS) is 20.5. The largest absolute Gasteiger partial charge is 0.370 e. The van der Waals surface area contributed by atoms with E-state index in [4.69, 9.17) is 4.74 Å². The lowest BCUT2D eigenvalue weighted by atomic mass is 10.0. The van der Waals surface area contributed by atoms with Gasteiger partial charge in [-0.15, -0.1) is 0 Å². The lowest BCUT2D eigenvalue weighted by Crippen LogP contribution is -2.21. The minimum absolute atomic E-state index is 0.479. The summed E-state index contributed by atoms with van der Waals surface area (Å²) in [5.41, 5.74) is -0.482. The van der Waals surface area contributed by atoms with E-state index in [-0.39, 0.29) is 0 Å². The Bertz CT molecular complexity index is 364. The van der Waals surface area contributed by atoms with Crippen molar-refractivity contribution in [1.82, 2.24) is 0 Å². The van der Waals surface area contributed by atoms with Gasteiger partial charge in [-0.2, -0.15) is 0 Å². The molecule has 1 aliphatic rings. The van der Waals surface area contributed by atoms with Gasteiger partial charge in [-0.05, 0) is 25.0 Å². The molecule has 0 aliphatic carbocycles. The predicted molar refractivity (Wildman–Crippen MR) is 49.7 cm³/mol. The van der Waals surface area contributed by atoms with Crippen molar-refractivity contribution in [1.29, 1.82) is 0 Å². The molecule has 1 saturated heterocycles. The molecule has 4 heteroatoms. The quantitative estimate of drug-likeness (QED) is 0.703. The number of benzene rings is 1. The van der Waals surface area contributed by atoms with E-state index in [9.17, 15) is 13.6 Å². The first-order valence-electron chi connectivity index (χ1n) is 4.80. The molecule has 1 aromatic carbocycles. The van der Waals surface area contributed by atoms with E-state index in [2.05, 4.69) is 0 Å². The zero-order valence-electron chi connectivity index (χ0n) is 8.00. The van der Waals surface area contributed by atoms with Gasteiger partial charge in [0, 0.05) is 6.61 Å². The molecule has 0 bridgehead atoms.